The van der Waals surface area contributed by atoms with Crippen LogP contribution in [0.5, 0.6) is 0 Å². The molecule has 1 aromatic rings. The topological polar surface area (TPSA) is 27.7 Å². The first-order chi connectivity index (χ1) is 9.80. The zero-order valence-corrected chi connectivity index (χ0v) is 14.1. The molecule has 0 saturated carbocycles. The lowest BCUT2D eigenvalue weighted by Crippen LogP contribution is -2.20. The van der Waals surface area contributed by atoms with Crippen molar-refractivity contribution >= 4 is 15.8 Å². The Balaban J connectivity index is 2.15. The summed E-state index contributed by atoms with van der Waals surface area (Å²) in [6.45, 7) is 9.89. The van der Waals surface area contributed by atoms with Crippen LogP contribution in [-0.4, -0.2) is 35.9 Å². The second-order valence-corrected chi connectivity index (χ2v) is 5.83. The molecule has 1 rings (SSSR count). The summed E-state index contributed by atoms with van der Waals surface area (Å²) in [5.41, 5.74) is 2.45. The Morgan fingerprint density at radius 1 is 1.15 bits per heavy atom. The smallest absolute Gasteiger partial charge is 0.166 e. The summed E-state index contributed by atoms with van der Waals surface area (Å²) in [6.07, 6.45) is 2.73. The third-order valence-electron chi connectivity index (χ3n) is 2.95. The van der Waals surface area contributed by atoms with Gasteiger partial charge in [-0.3, -0.25) is 0 Å². The maximum Gasteiger partial charge on any atom is 0.166 e. The Hall–Kier alpha value is -0.943. The lowest BCUT2D eigenvalue weighted by atomic mass is 10.1. The summed E-state index contributed by atoms with van der Waals surface area (Å²) in [5, 5.41) is 0. The molecule has 0 aliphatic rings. The van der Waals surface area contributed by atoms with Gasteiger partial charge in [0.05, 0.1) is 0 Å². The van der Waals surface area contributed by atoms with Crippen LogP contribution in [0.4, 0.5) is 0 Å². The Bertz CT molecular complexity index is 358. The first-order valence-corrected chi connectivity index (χ1v) is 8.90. The molecule has 0 atom stereocenters. The molecule has 0 saturated heterocycles. The number of ether oxygens (including phenoxy) is 2. The first-order valence-electron chi connectivity index (χ1n) is 7.32. The fourth-order valence-electron chi connectivity index (χ4n) is 1.88. The molecule has 0 bridgehead atoms. The van der Waals surface area contributed by atoms with Crippen molar-refractivity contribution in [1.29, 1.82) is 0 Å². The highest BCUT2D eigenvalue weighted by molar-refractivity contribution is 6.27. The highest BCUT2D eigenvalue weighted by Gasteiger charge is 2.07. The third kappa shape index (κ3) is 7.00. The summed E-state index contributed by atoms with van der Waals surface area (Å²) in [7, 11) is -0.571. The van der Waals surface area contributed by atoms with Crippen LogP contribution in [0.3, 0.4) is 0 Å². The molecule has 0 aromatic heterocycles. The van der Waals surface area contributed by atoms with E-state index in [1.807, 2.05) is 19.9 Å². The standard InChI is InChI=1S/C16H26O3Si/c1-4-14-7-9-15(10-8-14)11-12-19-20-13-16(17-5-2)18-6-3/h4,7-10,16H,1,5-6,11-13,20H2,2-3H3. The molecule has 0 unspecified atom stereocenters. The molecular formula is C16H26O3Si. The second kappa shape index (κ2) is 10.8. The van der Waals surface area contributed by atoms with Gasteiger partial charge in [-0.05, 0) is 31.4 Å². The molecule has 0 aliphatic carbocycles. The lowest BCUT2D eigenvalue weighted by molar-refractivity contribution is -0.124. The largest absolute Gasteiger partial charge is 0.423 e. The molecule has 3 nitrogen and oxygen atoms in total. The molecule has 0 radical (unpaired) electrons. The van der Waals surface area contributed by atoms with Crippen LogP contribution < -0.4 is 0 Å². The van der Waals surface area contributed by atoms with Gasteiger partial charge < -0.3 is 13.9 Å². The molecule has 20 heavy (non-hydrogen) atoms. The summed E-state index contributed by atoms with van der Waals surface area (Å²) >= 11 is 0. The minimum Gasteiger partial charge on any atom is -0.423 e. The summed E-state index contributed by atoms with van der Waals surface area (Å²) in [6, 6.07) is 9.34. The van der Waals surface area contributed by atoms with E-state index in [-0.39, 0.29) is 6.29 Å². The van der Waals surface area contributed by atoms with Gasteiger partial charge in [0.2, 0.25) is 0 Å². The predicted molar refractivity (Wildman–Crippen MR) is 86.6 cm³/mol. The van der Waals surface area contributed by atoms with Crippen LogP contribution in [0.2, 0.25) is 6.04 Å². The van der Waals surface area contributed by atoms with Crippen LogP contribution in [0.15, 0.2) is 30.8 Å². The zero-order valence-electron chi connectivity index (χ0n) is 12.6. The first kappa shape index (κ1) is 17.1. The maximum absolute atomic E-state index is 5.78. The van der Waals surface area contributed by atoms with Crippen LogP contribution in [0.1, 0.15) is 25.0 Å². The molecular weight excluding hydrogens is 268 g/mol. The lowest BCUT2D eigenvalue weighted by Gasteiger charge is -2.16. The van der Waals surface area contributed by atoms with Gasteiger partial charge in [-0.25, -0.2) is 0 Å². The average molecular weight is 294 g/mol. The van der Waals surface area contributed by atoms with Gasteiger partial charge >= 0.3 is 0 Å². The second-order valence-electron chi connectivity index (χ2n) is 4.44. The number of benzene rings is 1. The Labute approximate surface area is 124 Å². The van der Waals surface area contributed by atoms with E-state index in [0.29, 0.717) is 13.2 Å². The van der Waals surface area contributed by atoms with Crippen molar-refractivity contribution in [2.45, 2.75) is 32.6 Å². The van der Waals surface area contributed by atoms with E-state index in [1.54, 1.807) is 0 Å². The predicted octanol–water partition coefficient (Wildman–Crippen LogP) is 2.79. The molecule has 0 heterocycles. The Morgan fingerprint density at radius 2 is 1.80 bits per heavy atom. The van der Waals surface area contributed by atoms with Gasteiger partial charge in [-0.15, -0.1) is 0 Å². The monoisotopic (exact) mass is 294 g/mol. The fraction of sp³-hybridized carbons (Fsp3) is 0.500. The SMILES string of the molecule is C=Cc1ccc(CCO[SiH2]CC(OCC)OCC)cc1. The van der Waals surface area contributed by atoms with Crippen LogP contribution >= 0.6 is 0 Å². The number of hydrogen-bond donors (Lipinski definition) is 0. The zero-order chi connectivity index (χ0) is 14.6. The highest BCUT2D eigenvalue weighted by atomic mass is 28.2. The number of rotatable bonds is 11. The van der Waals surface area contributed by atoms with Crippen molar-refractivity contribution in [3.63, 3.8) is 0 Å². The van der Waals surface area contributed by atoms with Gasteiger partial charge in [-0.2, -0.15) is 0 Å². The molecule has 0 spiro atoms. The van der Waals surface area contributed by atoms with E-state index in [2.05, 4.69) is 30.8 Å². The van der Waals surface area contributed by atoms with Gasteiger partial charge in [0, 0.05) is 25.9 Å². The fourth-order valence-corrected chi connectivity index (χ4v) is 2.92. The van der Waals surface area contributed by atoms with E-state index < -0.39 is 9.76 Å². The van der Waals surface area contributed by atoms with Crippen LogP contribution in [0.25, 0.3) is 6.08 Å². The van der Waals surface area contributed by atoms with Crippen molar-refractivity contribution in [1.82, 2.24) is 0 Å². The summed E-state index contributed by atoms with van der Waals surface area (Å²) in [5.74, 6) is 0. The van der Waals surface area contributed by atoms with E-state index >= 15 is 0 Å². The van der Waals surface area contributed by atoms with E-state index in [0.717, 1.165) is 24.6 Å². The van der Waals surface area contributed by atoms with Gasteiger partial charge in [0.1, 0.15) is 0 Å². The van der Waals surface area contributed by atoms with Crippen LogP contribution in [-0.2, 0) is 20.3 Å². The molecule has 112 valence electrons. The maximum atomic E-state index is 5.78. The Morgan fingerprint density at radius 3 is 2.35 bits per heavy atom. The van der Waals surface area contributed by atoms with Crippen molar-refractivity contribution in [2.75, 3.05) is 19.8 Å². The van der Waals surface area contributed by atoms with Gasteiger partial charge in [0.25, 0.3) is 0 Å². The number of hydrogen-bond acceptors (Lipinski definition) is 3. The average Bonchev–Trinajstić information content (AvgIpc) is 2.48. The minimum atomic E-state index is -0.571. The van der Waals surface area contributed by atoms with Crippen molar-refractivity contribution in [3.05, 3.63) is 42.0 Å². The quantitative estimate of drug-likeness (QED) is 0.357. The molecule has 0 amide bonds. The molecule has 0 N–H and O–H groups in total. The highest BCUT2D eigenvalue weighted by Crippen LogP contribution is 2.06. The third-order valence-corrected chi connectivity index (χ3v) is 4.24. The minimum absolute atomic E-state index is 0.0801. The molecule has 0 fully saturated rings. The normalized spacial score (nSPS) is 11.6. The van der Waals surface area contributed by atoms with Gasteiger partial charge in [-0.1, -0.05) is 36.9 Å². The summed E-state index contributed by atoms with van der Waals surface area (Å²) < 4.78 is 16.8. The van der Waals surface area contributed by atoms with E-state index in [1.165, 1.54) is 5.56 Å². The van der Waals surface area contributed by atoms with Gasteiger partial charge in [0.15, 0.2) is 16.1 Å². The molecule has 0 aliphatic heterocycles. The van der Waals surface area contributed by atoms with Crippen molar-refractivity contribution in [2.24, 2.45) is 0 Å². The Kier molecular flexibility index (Phi) is 9.24. The van der Waals surface area contributed by atoms with E-state index in [4.69, 9.17) is 13.9 Å². The van der Waals surface area contributed by atoms with Crippen LogP contribution in [0, 0.1) is 0 Å². The van der Waals surface area contributed by atoms with E-state index in [9.17, 15) is 0 Å². The molecule has 4 heteroatoms. The molecule has 1 aromatic carbocycles. The van der Waals surface area contributed by atoms with Crippen molar-refractivity contribution in [3.8, 4) is 0 Å². The van der Waals surface area contributed by atoms with Crippen molar-refractivity contribution < 1.29 is 13.9 Å². The summed E-state index contributed by atoms with van der Waals surface area (Å²) in [4.78, 5) is 0.